The zero-order chi connectivity index (χ0) is 31.6. The minimum Gasteiger partial charge on any atom is -0.309 e. The molecule has 0 bridgehead atoms. The minimum absolute atomic E-state index is 0.689. The van der Waals surface area contributed by atoms with Crippen molar-refractivity contribution in [2.45, 2.75) is 0 Å². The Morgan fingerprint density at radius 1 is 0.375 bits per heavy atom. The maximum atomic E-state index is 5.38. The molecule has 10 aromatic rings. The van der Waals surface area contributed by atoms with Crippen molar-refractivity contribution in [3.63, 3.8) is 0 Å². The van der Waals surface area contributed by atoms with Crippen molar-refractivity contribution in [3.8, 4) is 34.0 Å². The van der Waals surface area contributed by atoms with E-state index in [-0.39, 0.29) is 0 Å². The molecule has 0 unspecified atom stereocenters. The number of fused-ring (bicyclic) bond motifs is 8. The van der Waals surface area contributed by atoms with Gasteiger partial charge in [-0.1, -0.05) is 127 Å². The Bertz CT molecular complexity index is 2830. The highest BCUT2D eigenvalue weighted by atomic mass is 15.1. The lowest BCUT2D eigenvalue weighted by Gasteiger charge is -2.12. The third-order valence-electron chi connectivity index (χ3n) is 9.50. The highest BCUT2D eigenvalue weighted by Crippen LogP contribution is 2.40. The second kappa shape index (κ2) is 10.5. The van der Waals surface area contributed by atoms with E-state index in [1.54, 1.807) is 0 Å². The van der Waals surface area contributed by atoms with Gasteiger partial charge in [-0.25, -0.2) is 9.97 Å². The van der Waals surface area contributed by atoms with E-state index in [0.29, 0.717) is 5.82 Å². The predicted molar refractivity (Wildman–Crippen MR) is 199 cm³/mol. The van der Waals surface area contributed by atoms with Crippen LogP contribution in [0.5, 0.6) is 0 Å². The minimum atomic E-state index is 0.689. The van der Waals surface area contributed by atoms with E-state index in [1.807, 2.05) is 0 Å². The van der Waals surface area contributed by atoms with Crippen LogP contribution in [0.25, 0.3) is 88.5 Å². The first-order valence-electron chi connectivity index (χ1n) is 16.3. The van der Waals surface area contributed by atoms with Crippen LogP contribution >= 0.6 is 0 Å². The molecule has 4 heteroatoms. The average Bonchev–Trinajstić information content (AvgIpc) is 3.68. The van der Waals surface area contributed by atoms with Gasteiger partial charge in [-0.05, 0) is 53.2 Å². The highest BCUT2D eigenvalue weighted by molar-refractivity contribution is 6.21. The summed E-state index contributed by atoms with van der Waals surface area (Å²) in [5, 5.41) is 7.20. The quantitative estimate of drug-likeness (QED) is 0.198. The standard InChI is InChI=1S/C44H28N4/c1-3-15-30(16-4-1)42-41-36-23-10-12-25-38(36)48(32-18-5-2-6-19-32)44(41)46-43(45-42)31-17-13-20-33(28-31)47-37-24-11-9-22-35(37)40-34-21-8-7-14-29(34)26-27-39(40)47/h1-28H. The van der Waals surface area contributed by atoms with Gasteiger partial charge < -0.3 is 4.57 Å². The molecule has 3 heterocycles. The van der Waals surface area contributed by atoms with E-state index in [0.717, 1.165) is 50.1 Å². The van der Waals surface area contributed by atoms with Gasteiger partial charge in [0.1, 0.15) is 5.65 Å². The van der Waals surface area contributed by atoms with Crippen LogP contribution in [0.4, 0.5) is 0 Å². The van der Waals surface area contributed by atoms with Crippen molar-refractivity contribution in [1.82, 2.24) is 19.1 Å². The number of rotatable bonds is 4. The third-order valence-corrected chi connectivity index (χ3v) is 9.50. The summed E-state index contributed by atoms with van der Waals surface area (Å²) in [5.41, 5.74) is 9.44. The first kappa shape index (κ1) is 26.7. The normalized spacial score (nSPS) is 11.8. The molecule has 0 atom stereocenters. The fourth-order valence-electron chi connectivity index (χ4n) is 7.43. The van der Waals surface area contributed by atoms with Gasteiger partial charge in [0.25, 0.3) is 0 Å². The molecule has 0 aliphatic rings. The Labute approximate surface area is 276 Å². The molecule has 0 N–H and O–H groups in total. The van der Waals surface area contributed by atoms with E-state index in [2.05, 4.69) is 179 Å². The fraction of sp³-hybridized carbons (Fsp3) is 0. The molecular weight excluding hydrogens is 585 g/mol. The lowest BCUT2D eigenvalue weighted by Crippen LogP contribution is -2.00. The van der Waals surface area contributed by atoms with Crippen LogP contribution in [-0.4, -0.2) is 19.1 Å². The van der Waals surface area contributed by atoms with E-state index in [4.69, 9.17) is 9.97 Å². The fourth-order valence-corrected chi connectivity index (χ4v) is 7.43. The Hall–Kier alpha value is -6.52. The second-order valence-corrected chi connectivity index (χ2v) is 12.2. The Morgan fingerprint density at radius 2 is 0.979 bits per heavy atom. The van der Waals surface area contributed by atoms with Gasteiger partial charge >= 0.3 is 0 Å². The van der Waals surface area contributed by atoms with Crippen molar-refractivity contribution in [3.05, 3.63) is 170 Å². The molecule has 0 aliphatic heterocycles. The van der Waals surface area contributed by atoms with E-state index in [1.165, 1.54) is 32.6 Å². The van der Waals surface area contributed by atoms with Gasteiger partial charge in [-0.2, -0.15) is 0 Å². The lowest BCUT2D eigenvalue weighted by atomic mass is 10.0. The molecule has 0 fully saturated rings. The predicted octanol–water partition coefficient (Wildman–Crippen LogP) is 11.2. The van der Waals surface area contributed by atoms with Crippen LogP contribution in [0, 0.1) is 0 Å². The lowest BCUT2D eigenvalue weighted by molar-refractivity contribution is 1.11. The van der Waals surface area contributed by atoms with Crippen molar-refractivity contribution in [2.24, 2.45) is 0 Å². The zero-order valence-electron chi connectivity index (χ0n) is 26.0. The summed E-state index contributed by atoms with van der Waals surface area (Å²) in [7, 11) is 0. The molecule has 0 spiro atoms. The van der Waals surface area contributed by atoms with E-state index < -0.39 is 0 Å². The summed E-state index contributed by atoms with van der Waals surface area (Å²) in [4.78, 5) is 10.7. The topological polar surface area (TPSA) is 35.6 Å². The van der Waals surface area contributed by atoms with Crippen molar-refractivity contribution in [2.75, 3.05) is 0 Å². The van der Waals surface area contributed by atoms with Crippen LogP contribution in [0.1, 0.15) is 0 Å². The molecule has 0 saturated heterocycles. The summed E-state index contributed by atoms with van der Waals surface area (Å²) in [5.74, 6) is 0.689. The van der Waals surface area contributed by atoms with Crippen LogP contribution in [0.3, 0.4) is 0 Å². The molecule has 48 heavy (non-hydrogen) atoms. The summed E-state index contributed by atoms with van der Waals surface area (Å²) in [6, 6.07) is 60.0. The number of nitrogens with zero attached hydrogens (tertiary/aromatic N) is 4. The zero-order valence-corrected chi connectivity index (χ0v) is 26.0. The number of para-hydroxylation sites is 3. The molecule has 0 amide bonds. The molecule has 4 nitrogen and oxygen atoms in total. The summed E-state index contributed by atoms with van der Waals surface area (Å²) in [6.07, 6.45) is 0. The summed E-state index contributed by atoms with van der Waals surface area (Å²) >= 11 is 0. The molecule has 224 valence electrons. The van der Waals surface area contributed by atoms with Gasteiger partial charge in [0.15, 0.2) is 5.82 Å². The first-order valence-corrected chi connectivity index (χ1v) is 16.3. The SMILES string of the molecule is c1ccc(-c2nc(-c3cccc(-n4c5ccccc5c5c6ccccc6ccc54)c3)nc3c2c2ccccc2n3-c2ccccc2)cc1. The Morgan fingerprint density at radius 3 is 1.77 bits per heavy atom. The largest absolute Gasteiger partial charge is 0.309 e. The Balaban J connectivity index is 1.26. The van der Waals surface area contributed by atoms with Gasteiger partial charge in [-0.15, -0.1) is 0 Å². The van der Waals surface area contributed by atoms with Crippen molar-refractivity contribution in [1.29, 1.82) is 0 Å². The Kier molecular flexibility index (Phi) is 5.84. The van der Waals surface area contributed by atoms with Gasteiger partial charge in [-0.3, -0.25) is 4.57 Å². The monoisotopic (exact) mass is 612 g/mol. The maximum Gasteiger partial charge on any atom is 0.162 e. The van der Waals surface area contributed by atoms with Gasteiger partial charge in [0, 0.05) is 38.7 Å². The molecule has 0 saturated carbocycles. The number of benzene rings is 7. The number of hydrogen-bond donors (Lipinski definition) is 0. The maximum absolute atomic E-state index is 5.38. The molecular formula is C44H28N4. The molecule has 3 aromatic heterocycles. The molecule has 0 radical (unpaired) electrons. The smallest absolute Gasteiger partial charge is 0.162 e. The number of aromatic nitrogens is 4. The highest BCUT2D eigenvalue weighted by Gasteiger charge is 2.21. The average molecular weight is 613 g/mol. The van der Waals surface area contributed by atoms with Crippen LogP contribution in [0.2, 0.25) is 0 Å². The molecule has 7 aromatic carbocycles. The summed E-state index contributed by atoms with van der Waals surface area (Å²) in [6.45, 7) is 0. The first-order chi connectivity index (χ1) is 23.8. The van der Waals surface area contributed by atoms with Crippen molar-refractivity contribution >= 4 is 54.5 Å². The molecule has 0 aliphatic carbocycles. The third kappa shape index (κ3) is 3.96. The number of hydrogen-bond acceptors (Lipinski definition) is 2. The van der Waals surface area contributed by atoms with E-state index >= 15 is 0 Å². The van der Waals surface area contributed by atoms with Crippen molar-refractivity contribution < 1.29 is 0 Å². The van der Waals surface area contributed by atoms with Gasteiger partial charge in [0.2, 0.25) is 0 Å². The second-order valence-electron chi connectivity index (χ2n) is 12.2. The molecule has 10 rings (SSSR count). The van der Waals surface area contributed by atoms with Crippen LogP contribution in [-0.2, 0) is 0 Å². The van der Waals surface area contributed by atoms with Crippen LogP contribution in [0.15, 0.2) is 170 Å². The van der Waals surface area contributed by atoms with Crippen LogP contribution < -0.4 is 0 Å². The van der Waals surface area contributed by atoms with Gasteiger partial charge in [0.05, 0.1) is 27.6 Å². The summed E-state index contributed by atoms with van der Waals surface area (Å²) < 4.78 is 4.64. The van der Waals surface area contributed by atoms with E-state index in [9.17, 15) is 0 Å².